The van der Waals surface area contributed by atoms with E-state index in [9.17, 15) is 9.18 Å². The number of hydrogen-bond donors (Lipinski definition) is 4. The molecule has 5 nitrogen and oxygen atoms in total. The van der Waals surface area contributed by atoms with Gasteiger partial charge in [-0.2, -0.15) is 0 Å². The van der Waals surface area contributed by atoms with Gasteiger partial charge in [0.15, 0.2) is 0 Å². The van der Waals surface area contributed by atoms with E-state index >= 15 is 0 Å². The average Bonchev–Trinajstić information content (AvgIpc) is 2.21. The van der Waals surface area contributed by atoms with Crippen molar-refractivity contribution in [3.8, 4) is 0 Å². The van der Waals surface area contributed by atoms with Crippen LogP contribution in [0.3, 0.4) is 0 Å². The van der Waals surface area contributed by atoms with Crippen molar-refractivity contribution < 1.29 is 24.3 Å². The maximum absolute atomic E-state index is 13.7. The highest BCUT2D eigenvalue weighted by atomic mass is 35.5. The van der Waals surface area contributed by atoms with Gasteiger partial charge in [-0.25, -0.2) is 4.39 Å². The Hall–Kier alpha value is -1.15. The van der Waals surface area contributed by atoms with Crippen molar-refractivity contribution in [2.24, 2.45) is 5.73 Å². The number of halogens is 2. The zero-order valence-corrected chi connectivity index (χ0v) is 10.3. The molecule has 1 atom stereocenters. The van der Waals surface area contributed by atoms with Gasteiger partial charge in [0.25, 0.3) is 0 Å². The Bertz CT molecular complexity index is 481. The van der Waals surface area contributed by atoms with Crippen molar-refractivity contribution in [3.05, 3.63) is 28.5 Å². The second-order valence-electron chi connectivity index (χ2n) is 4.24. The van der Waals surface area contributed by atoms with Crippen LogP contribution in [0, 0.1) is 5.82 Å². The van der Waals surface area contributed by atoms with Crippen LogP contribution in [-0.4, -0.2) is 33.8 Å². The third-order valence-electron chi connectivity index (χ3n) is 2.49. The van der Waals surface area contributed by atoms with Crippen LogP contribution >= 0.6 is 11.6 Å². The molecule has 0 aliphatic rings. The first-order chi connectivity index (χ1) is 8.15. The highest BCUT2D eigenvalue weighted by Gasteiger charge is 2.30. The van der Waals surface area contributed by atoms with Crippen LogP contribution < -0.4 is 11.2 Å². The topological polar surface area (TPSA) is 104 Å². The van der Waals surface area contributed by atoms with Crippen LogP contribution in [0.5, 0.6) is 0 Å². The monoisotopic (exact) mass is 275 g/mol. The Morgan fingerprint density at radius 3 is 2.56 bits per heavy atom. The van der Waals surface area contributed by atoms with E-state index in [4.69, 9.17) is 32.5 Å². The first-order valence-electron chi connectivity index (χ1n) is 5.01. The van der Waals surface area contributed by atoms with E-state index in [0.717, 1.165) is 12.1 Å². The smallest absolute Gasteiger partial charge is 0.480 e. The molecule has 0 saturated heterocycles. The molecule has 0 unspecified atom stereocenters. The summed E-state index contributed by atoms with van der Waals surface area (Å²) in [6, 6.07) is 1.99. The fraction of sp³-hybridized carbons (Fsp3) is 0.300. The molecule has 8 heteroatoms. The Balaban J connectivity index is 3.13. The molecule has 1 aromatic carbocycles. The molecule has 0 heterocycles. The summed E-state index contributed by atoms with van der Waals surface area (Å²) in [5.74, 6) is -2.07. The summed E-state index contributed by atoms with van der Waals surface area (Å²) in [5.41, 5.74) is 3.67. The average molecular weight is 275 g/mol. The molecule has 1 rings (SSSR count). The normalized spacial score (nSPS) is 14.1. The van der Waals surface area contributed by atoms with Gasteiger partial charge >= 0.3 is 13.1 Å². The van der Waals surface area contributed by atoms with Crippen molar-refractivity contribution in [3.63, 3.8) is 0 Å². The maximum Gasteiger partial charge on any atom is 0.490 e. The lowest BCUT2D eigenvalue weighted by Crippen LogP contribution is -2.47. The van der Waals surface area contributed by atoms with Gasteiger partial charge in [-0.05, 0) is 24.6 Å². The van der Waals surface area contributed by atoms with E-state index in [2.05, 4.69) is 0 Å². The SMILES string of the molecule is C[C@@](N)(Cc1cc(Cl)c(B(O)O)cc1F)C(=O)O. The molecular formula is C10H12BClFNO4. The summed E-state index contributed by atoms with van der Waals surface area (Å²) in [6.45, 7) is 1.25. The van der Waals surface area contributed by atoms with E-state index in [1.807, 2.05) is 0 Å². The number of carboxylic acid groups (broad SMARTS) is 1. The number of rotatable bonds is 4. The minimum Gasteiger partial charge on any atom is -0.480 e. The van der Waals surface area contributed by atoms with Crippen LogP contribution in [0.1, 0.15) is 12.5 Å². The van der Waals surface area contributed by atoms with Crippen molar-refractivity contribution in [1.29, 1.82) is 0 Å². The predicted octanol–water partition coefficient (Wildman–Crippen LogP) is -0.497. The minimum atomic E-state index is -1.90. The van der Waals surface area contributed by atoms with Crippen molar-refractivity contribution >= 4 is 30.2 Å². The summed E-state index contributed by atoms with van der Waals surface area (Å²) in [4.78, 5) is 10.8. The van der Waals surface area contributed by atoms with Crippen LogP contribution in [0.25, 0.3) is 0 Å². The van der Waals surface area contributed by atoms with Crippen LogP contribution in [0.2, 0.25) is 5.02 Å². The second kappa shape index (κ2) is 5.23. The number of benzene rings is 1. The van der Waals surface area contributed by atoms with Gasteiger partial charge < -0.3 is 20.9 Å². The van der Waals surface area contributed by atoms with Crippen molar-refractivity contribution in [2.45, 2.75) is 18.9 Å². The van der Waals surface area contributed by atoms with E-state index in [0.29, 0.717) is 0 Å². The van der Waals surface area contributed by atoms with Gasteiger partial charge in [0.2, 0.25) is 0 Å². The van der Waals surface area contributed by atoms with Crippen LogP contribution in [-0.2, 0) is 11.2 Å². The largest absolute Gasteiger partial charge is 0.490 e. The highest BCUT2D eigenvalue weighted by molar-refractivity contribution is 6.62. The van der Waals surface area contributed by atoms with Gasteiger partial charge in [-0.1, -0.05) is 11.6 Å². The zero-order chi connectivity index (χ0) is 14.1. The Labute approximate surface area is 108 Å². The summed E-state index contributed by atoms with van der Waals surface area (Å²) < 4.78 is 13.7. The first kappa shape index (κ1) is 14.9. The molecule has 98 valence electrons. The lowest BCUT2D eigenvalue weighted by atomic mass is 9.79. The Kier molecular flexibility index (Phi) is 4.34. The van der Waals surface area contributed by atoms with Crippen LogP contribution in [0.4, 0.5) is 4.39 Å². The zero-order valence-electron chi connectivity index (χ0n) is 9.52. The van der Waals surface area contributed by atoms with E-state index in [1.165, 1.54) is 6.92 Å². The number of hydrogen-bond acceptors (Lipinski definition) is 4. The summed E-state index contributed by atoms with van der Waals surface area (Å²) >= 11 is 5.73. The lowest BCUT2D eigenvalue weighted by Gasteiger charge is -2.20. The molecule has 0 radical (unpaired) electrons. The molecule has 0 saturated carbocycles. The number of carbonyl (C=O) groups is 1. The van der Waals surface area contributed by atoms with E-state index in [1.54, 1.807) is 0 Å². The Morgan fingerprint density at radius 1 is 1.56 bits per heavy atom. The number of carboxylic acids is 1. The van der Waals surface area contributed by atoms with Crippen LogP contribution in [0.15, 0.2) is 12.1 Å². The van der Waals surface area contributed by atoms with Gasteiger partial charge in [0.1, 0.15) is 11.4 Å². The maximum atomic E-state index is 13.7. The van der Waals surface area contributed by atoms with Gasteiger partial charge in [-0.3, -0.25) is 4.79 Å². The highest BCUT2D eigenvalue weighted by Crippen LogP contribution is 2.18. The molecule has 0 aliphatic heterocycles. The van der Waals surface area contributed by atoms with E-state index in [-0.39, 0.29) is 22.5 Å². The van der Waals surface area contributed by atoms with Crippen molar-refractivity contribution in [1.82, 2.24) is 0 Å². The standard InChI is InChI=1S/C10H12BClFNO4/c1-10(14,9(15)16)4-5-2-7(12)6(11(17)18)3-8(5)13/h2-3,17-18H,4,14H2,1H3,(H,15,16)/t10-/m1/s1. The number of aliphatic carboxylic acids is 1. The molecule has 0 aromatic heterocycles. The molecule has 0 spiro atoms. The van der Waals surface area contributed by atoms with Gasteiger partial charge in [0, 0.05) is 16.9 Å². The molecule has 1 aromatic rings. The molecule has 0 fully saturated rings. The molecule has 0 aliphatic carbocycles. The molecule has 0 amide bonds. The summed E-state index contributed by atoms with van der Waals surface area (Å²) in [5, 5.41) is 26.6. The third kappa shape index (κ3) is 3.20. The fourth-order valence-electron chi connectivity index (χ4n) is 1.41. The van der Waals surface area contributed by atoms with Gasteiger partial charge in [0.05, 0.1) is 0 Å². The molecule has 5 N–H and O–H groups in total. The first-order valence-corrected chi connectivity index (χ1v) is 5.39. The molecular weight excluding hydrogens is 263 g/mol. The second-order valence-corrected chi connectivity index (χ2v) is 4.65. The minimum absolute atomic E-state index is 0.00296. The fourth-order valence-corrected chi connectivity index (χ4v) is 1.69. The molecule has 18 heavy (non-hydrogen) atoms. The quantitative estimate of drug-likeness (QED) is 0.555. The van der Waals surface area contributed by atoms with Crippen molar-refractivity contribution in [2.75, 3.05) is 0 Å². The Morgan fingerprint density at radius 2 is 2.11 bits per heavy atom. The summed E-state index contributed by atoms with van der Waals surface area (Å²) in [6.07, 6.45) is -0.268. The summed E-state index contributed by atoms with van der Waals surface area (Å²) in [7, 11) is -1.90. The lowest BCUT2D eigenvalue weighted by molar-refractivity contribution is -0.142. The third-order valence-corrected chi connectivity index (χ3v) is 2.82. The van der Waals surface area contributed by atoms with E-state index < -0.39 is 24.4 Å². The van der Waals surface area contributed by atoms with Gasteiger partial charge in [-0.15, -0.1) is 0 Å². The predicted molar refractivity (Wildman–Crippen MR) is 65.2 cm³/mol. The number of nitrogens with two attached hydrogens (primary N) is 1. The molecule has 0 bridgehead atoms.